The van der Waals surface area contributed by atoms with Crippen molar-refractivity contribution in [1.82, 2.24) is 47.9 Å². The second-order valence-corrected chi connectivity index (χ2v) is 18.9. The predicted octanol–water partition coefficient (Wildman–Crippen LogP) is -0.0372. The van der Waals surface area contributed by atoms with E-state index in [-0.39, 0.29) is 62.7 Å². The molecule has 75 heavy (non-hydrogen) atoms. The number of phenolic OH excluding ortho intramolecular Hbond substituents is 1. The molecule has 2 aromatic rings. The smallest absolute Gasteiger partial charge is 0.303 e. The fourth-order valence-corrected chi connectivity index (χ4v) is 7.17. The van der Waals surface area contributed by atoms with Gasteiger partial charge in [0.05, 0.1) is 25.6 Å². The van der Waals surface area contributed by atoms with Gasteiger partial charge in [-0.2, -0.15) is 0 Å². The quantitative estimate of drug-likeness (QED) is 0.0323. The van der Waals surface area contributed by atoms with Crippen LogP contribution in [0.4, 0.5) is 0 Å². The number of amides is 9. The minimum atomic E-state index is -1.65. The first-order valence-electron chi connectivity index (χ1n) is 24.7. The Balaban J connectivity index is 2.42. The van der Waals surface area contributed by atoms with Crippen LogP contribution in [0.5, 0.6) is 5.75 Å². The van der Waals surface area contributed by atoms with Crippen LogP contribution >= 0.6 is 0 Å². The highest BCUT2D eigenvalue weighted by molar-refractivity contribution is 5.99. The summed E-state index contributed by atoms with van der Waals surface area (Å²) in [5.74, 6) is -10.6. The Hall–Kier alpha value is -7.92. The van der Waals surface area contributed by atoms with Crippen molar-refractivity contribution in [3.63, 3.8) is 0 Å². The Kier molecular flexibility index (Phi) is 27.8. The van der Waals surface area contributed by atoms with Gasteiger partial charge in [-0.05, 0) is 79.7 Å². The number of unbranched alkanes of at least 4 members (excludes halogenated alkanes) is 1. The number of aromatic hydroxyl groups is 1. The highest BCUT2D eigenvalue weighted by Crippen LogP contribution is 2.14. The van der Waals surface area contributed by atoms with Crippen molar-refractivity contribution >= 4 is 71.4 Å². The first kappa shape index (κ1) is 63.2. The van der Waals surface area contributed by atoms with E-state index in [4.69, 9.17) is 5.11 Å². The van der Waals surface area contributed by atoms with Crippen LogP contribution in [0.15, 0.2) is 54.6 Å². The van der Waals surface area contributed by atoms with Crippen LogP contribution in [0.2, 0.25) is 0 Å². The van der Waals surface area contributed by atoms with Gasteiger partial charge in [0.15, 0.2) is 0 Å². The normalized spacial score (nSPS) is 13.3. The van der Waals surface area contributed by atoms with Gasteiger partial charge < -0.3 is 68.0 Å². The third-order valence-electron chi connectivity index (χ3n) is 11.4. The average molecular weight is 1050 g/mol. The number of aldehydes is 1. The Morgan fingerprint density at radius 1 is 0.520 bits per heavy atom. The fraction of sp³-hybridized carbons (Fsp3) is 0.529. The number of carboxylic acids is 2. The third-order valence-corrected chi connectivity index (χ3v) is 11.4. The van der Waals surface area contributed by atoms with Crippen molar-refractivity contribution in [2.24, 2.45) is 17.8 Å². The van der Waals surface area contributed by atoms with E-state index in [2.05, 4.69) is 47.9 Å². The van der Waals surface area contributed by atoms with E-state index in [1.807, 2.05) is 0 Å². The Bertz CT molecular complexity index is 2280. The van der Waals surface area contributed by atoms with Crippen molar-refractivity contribution in [1.29, 1.82) is 0 Å². The van der Waals surface area contributed by atoms with E-state index in [1.165, 1.54) is 24.3 Å². The van der Waals surface area contributed by atoms with E-state index in [9.17, 15) is 67.7 Å². The van der Waals surface area contributed by atoms with Crippen molar-refractivity contribution in [2.75, 3.05) is 19.6 Å². The molecule has 0 unspecified atom stereocenters. The van der Waals surface area contributed by atoms with Crippen LogP contribution < -0.4 is 47.9 Å². The Labute approximate surface area is 435 Å². The number of rotatable bonds is 34. The first-order valence-corrected chi connectivity index (χ1v) is 24.7. The van der Waals surface area contributed by atoms with Crippen LogP contribution in [0.3, 0.4) is 0 Å². The SMILES string of the molecule is CC(C)C[C@H](NC(=O)[C@@H](NC(=O)CNC(=O)c1ccccc1)C(C)C)C(=O)N[C@@H](CCCCNC(=O)CCC(=O)O)C(=O)N[C@@H](CCC(=O)O)C(=O)N[C@@H](Cc1ccc(O)cc1)C(=O)NCC(=O)N[C@H](C=O)C(C)C. The van der Waals surface area contributed by atoms with Crippen molar-refractivity contribution in [3.8, 4) is 5.75 Å². The molecule has 0 bridgehead atoms. The van der Waals surface area contributed by atoms with Crippen molar-refractivity contribution < 1.29 is 72.9 Å². The average Bonchev–Trinajstić information content (AvgIpc) is 3.35. The molecule has 12 N–H and O–H groups in total. The minimum absolute atomic E-state index is 0.0331. The Morgan fingerprint density at radius 3 is 1.63 bits per heavy atom. The second kappa shape index (κ2) is 33.0. The summed E-state index contributed by atoms with van der Waals surface area (Å²) >= 11 is 0. The topological polar surface area (TPSA) is 374 Å². The summed E-state index contributed by atoms with van der Waals surface area (Å²) < 4.78 is 0. The summed E-state index contributed by atoms with van der Waals surface area (Å²) in [4.78, 5) is 155. The number of carbonyl (C=O) groups is 12. The van der Waals surface area contributed by atoms with Gasteiger partial charge in [-0.15, -0.1) is 0 Å². The molecule has 0 saturated carbocycles. The lowest BCUT2D eigenvalue weighted by molar-refractivity contribution is -0.139. The van der Waals surface area contributed by atoms with Gasteiger partial charge in [-0.1, -0.05) is 71.9 Å². The van der Waals surface area contributed by atoms with Crippen molar-refractivity contribution in [3.05, 3.63) is 65.7 Å². The summed E-state index contributed by atoms with van der Waals surface area (Å²) in [6.07, 6.45) is -1.29. The molecule has 9 amide bonds. The maximum Gasteiger partial charge on any atom is 0.303 e. The molecule has 0 radical (unpaired) electrons. The molecule has 24 heteroatoms. The monoisotopic (exact) mass is 1050 g/mol. The van der Waals surface area contributed by atoms with Gasteiger partial charge in [0.1, 0.15) is 42.2 Å². The molecular weight excluding hydrogens is 979 g/mol. The van der Waals surface area contributed by atoms with E-state index in [1.54, 1.807) is 71.9 Å². The number of carboxylic acid groups (broad SMARTS) is 2. The molecule has 0 aromatic heterocycles. The lowest BCUT2D eigenvalue weighted by atomic mass is 9.99. The number of benzene rings is 2. The van der Waals surface area contributed by atoms with Gasteiger partial charge in [0.2, 0.25) is 47.3 Å². The number of phenols is 1. The van der Waals surface area contributed by atoms with Gasteiger partial charge in [0, 0.05) is 31.4 Å². The molecule has 2 rings (SSSR count). The number of carbonyl (C=O) groups excluding carboxylic acids is 10. The second-order valence-electron chi connectivity index (χ2n) is 18.9. The molecule has 24 nitrogen and oxygen atoms in total. The van der Waals surface area contributed by atoms with Crippen LogP contribution in [0, 0.1) is 17.8 Å². The summed E-state index contributed by atoms with van der Waals surface area (Å²) in [6.45, 7) is 9.21. The summed E-state index contributed by atoms with van der Waals surface area (Å²) in [5, 5.41) is 51.2. The molecule has 0 aliphatic heterocycles. The molecule has 412 valence electrons. The van der Waals surface area contributed by atoms with Crippen LogP contribution in [0.25, 0.3) is 0 Å². The fourth-order valence-electron chi connectivity index (χ4n) is 7.17. The maximum atomic E-state index is 14.3. The van der Waals surface area contributed by atoms with Crippen LogP contribution in [-0.2, 0) is 59.2 Å². The molecule has 0 fully saturated rings. The molecular formula is C51H73N9O15. The van der Waals surface area contributed by atoms with E-state index in [0.717, 1.165) is 0 Å². The lowest BCUT2D eigenvalue weighted by Crippen LogP contribution is -2.60. The van der Waals surface area contributed by atoms with Gasteiger partial charge >= 0.3 is 11.9 Å². The van der Waals surface area contributed by atoms with Crippen LogP contribution in [-0.4, -0.2) is 143 Å². The van der Waals surface area contributed by atoms with Gasteiger partial charge in [0.25, 0.3) is 5.91 Å². The highest BCUT2D eigenvalue weighted by atomic mass is 16.4. The number of aliphatic carboxylic acids is 2. The number of hydrogen-bond acceptors (Lipinski definition) is 13. The van der Waals surface area contributed by atoms with Gasteiger partial charge in [-0.3, -0.25) is 52.7 Å². The third kappa shape index (κ3) is 25.0. The highest BCUT2D eigenvalue weighted by Gasteiger charge is 2.34. The van der Waals surface area contributed by atoms with E-state index in [0.29, 0.717) is 17.4 Å². The Morgan fingerprint density at radius 2 is 1.07 bits per heavy atom. The summed E-state index contributed by atoms with van der Waals surface area (Å²) in [7, 11) is 0. The molecule has 0 spiro atoms. The zero-order valence-corrected chi connectivity index (χ0v) is 43.2. The minimum Gasteiger partial charge on any atom is -0.508 e. The van der Waals surface area contributed by atoms with Crippen LogP contribution in [0.1, 0.15) is 109 Å². The predicted molar refractivity (Wildman–Crippen MR) is 271 cm³/mol. The van der Waals surface area contributed by atoms with E-state index < -0.39 is 140 Å². The molecule has 2 aromatic carbocycles. The largest absolute Gasteiger partial charge is 0.508 e. The molecule has 6 atom stereocenters. The maximum absolute atomic E-state index is 14.3. The summed E-state index contributed by atoms with van der Waals surface area (Å²) in [5.41, 5.74) is 0.743. The lowest BCUT2D eigenvalue weighted by Gasteiger charge is -2.28. The molecule has 0 aliphatic rings. The molecule has 0 aliphatic carbocycles. The first-order chi connectivity index (χ1) is 35.4. The zero-order valence-electron chi connectivity index (χ0n) is 43.2. The van der Waals surface area contributed by atoms with Crippen molar-refractivity contribution in [2.45, 2.75) is 136 Å². The molecule has 0 heterocycles. The standard InChI is InChI=1S/C51H73N9O15/c1-29(2)24-37(59-51(75)45(31(5)6)60-42(65)27-53-46(70)33-12-8-7-9-13-33)50(74)56-35(14-10-11-23-52-40(63)20-22-44(68)69)48(72)57-36(19-21-43(66)67)49(73)58-38(25-32-15-17-34(62)18-16-32)47(71)54-26-41(64)55-39(28-61)30(3)4/h7-9,12-13,15-18,28-31,35-39,45,62H,10-11,14,19-27H2,1-6H3,(H,52,63)(H,53,70)(H,54,71)(H,55,64)(H,56,74)(H,57,72)(H,58,73)(H,59,75)(H,60,65)(H,66,67)(H,68,69)/t35-,36-,37-,38-,39+,45-/m0/s1. The molecule has 0 saturated heterocycles. The van der Waals surface area contributed by atoms with E-state index >= 15 is 0 Å². The van der Waals surface area contributed by atoms with Gasteiger partial charge in [-0.25, -0.2) is 0 Å². The number of nitrogens with one attached hydrogen (secondary N) is 9. The number of hydrogen-bond donors (Lipinski definition) is 12. The summed E-state index contributed by atoms with van der Waals surface area (Å²) in [6, 6.07) is 5.79. The zero-order chi connectivity index (χ0) is 56.2.